The second-order valence-electron chi connectivity index (χ2n) is 4.28. The Bertz CT molecular complexity index is 280. The van der Waals surface area contributed by atoms with E-state index in [1.165, 1.54) is 4.31 Å². The van der Waals surface area contributed by atoms with Crippen LogP contribution in [0.3, 0.4) is 0 Å². The summed E-state index contributed by atoms with van der Waals surface area (Å²) in [5, 5.41) is 0. The molecule has 0 fully saturated rings. The summed E-state index contributed by atoms with van der Waals surface area (Å²) in [6, 6.07) is 0. The topological polar surface area (TPSA) is 46.6 Å². The lowest BCUT2D eigenvalue weighted by molar-refractivity contribution is 0.0737. The van der Waals surface area contributed by atoms with E-state index in [9.17, 15) is 8.42 Å². The highest BCUT2D eigenvalue weighted by Gasteiger charge is 2.20. The van der Waals surface area contributed by atoms with Gasteiger partial charge in [-0.15, -0.1) is 11.6 Å². The predicted molar refractivity (Wildman–Crippen MR) is 67.4 cm³/mol. The van der Waals surface area contributed by atoms with Crippen molar-refractivity contribution in [3.8, 4) is 0 Å². The third-order valence-corrected chi connectivity index (χ3v) is 4.74. The molecule has 0 aromatic heterocycles. The monoisotopic (exact) mass is 271 g/mol. The fraction of sp³-hybridized carbons (Fsp3) is 1.00. The van der Waals surface area contributed by atoms with E-state index in [1.54, 1.807) is 7.05 Å². The van der Waals surface area contributed by atoms with Gasteiger partial charge in [0.15, 0.2) is 0 Å². The van der Waals surface area contributed by atoms with E-state index in [2.05, 4.69) is 0 Å². The van der Waals surface area contributed by atoms with Gasteiger partial charge in [-0.25, -0.2) is 12.7 Å². The Morgan fingerprint density at radius 2 is 1.88 bits per heavy atom. The lowest BCUT2D eigenvalue weighted by atomic mass is 10.3. The Balaban J connectivity index is 4.09. The van der Waals surface area contributed by atoms with Crippen molar-refractivity contribution in [2.45, 2.75) is 26.9 Å². The second kappa shape index (κ2) is 7.48. The minimum absolute atomic E-state index is 0.0277. The smallest absolute Gasteiger partial charge is 0.214 e. The van der Waals surface area contributed by atoms with E-state index in [0.29, 0.717) is 19.0 Å². The Hall–Kier alpha value is 0.160. The number of sulfonamides is 1. The summed E-state index contributed by atoms with van der Waals surface area (Å²) in [6.07, 6.45) is 0.123. The first-order chi connectivity index (χ1) is 7.29. The fourth-order valence-electron chi connectivity index (χ4n) is 1.09. The highest BCUT2D eigenvalue weighted by atomic mass is 35.5. The molecule has 0 heterocycles. The van der Waals surface area contributed by atoms with Crippen LogP contribution in [0.5, 0.6) is 0 Å². The van der Waals surface area contributed by atoms with Crippen LogP contribution in [0.15, 0.2) is 0 Å². The van der Waals surface area contributed by atoms with Crippen LogP contribution in [0.4, 0.5) is 0 Å². The van der Waals surface area contributed by atoms with Crippen molar-refractivity contribution < 1.29 is 13.2 Å². The van der Waals surface area contributed by atoms with E-state index in [-0.39, 0.29) is 17.8 Å². The zero-order valence-electron chi connectivity index (χ0n) is 10.4. The molecule has 0 rings (SSSR count). The van der Waals surface area contributed by atoms with Gasteiger partial charge in [0.2, 0.25) is 10.0 Å². The molecular formula is C10H22ClNO3S. The molecular weight excluding hydrogens is 250 g/mol. The summed E-state index contributed by atoms with van der Waals surface area (Å²) in [5.41, 5.74) is 0. The van der Waals surface area contributed by atoms with Gasteiger partial charge in [-0.1, -0.05) is 6.92 Å². The lowest BCUT2D eigenvalue weighted by Gasteiger charge is -2.19. The maximum atomic E-state index is 11.8. The molecule has 0 aliphatic rings. The third-order valence-electron chi connectivity index (χ3n) is 2.09. The summed E-state index contributed by atoms with van der Waals surface area (Å²) in [6.45, 7) is 6.47. The average molecular weight is 272 g/mol. The van der Waals surface area contributed by atoms with Crippen LogP contribution < -0.4 is 0 Å². The largest absolute Gasteiger partial charge is 0.377 e. The lowest BCUT2D eigenvalue weighted by Crippen LogP contribution is -2.34. The number of alkyl halides is 1. The molecule has 0 N–H and O–H groups in total. The molecule has 1 unspecified atom stereocenters. The number of likely N-dealkylation sites (N-methyl/N-ethyl adjacent to an activating group) is 1. The summed E-state index contributed by atoms with van der Waals surface area (Å²) >= 11 is 5.60. The highest BCUT2D eigenvalue weighted by Crippen LogP contribution is 2.07. The van der Waals surface area contributed by atoms with Gasteiger partial charge >= 0.3 is 0 Å². The number of halogens is 1. The minimum atomic E-state index is -3.20. The molecule has 98 valence electrons. The first-order valence-electron chi connectivity index (χ1n) is 5.41. The van der Waals surface area contributed by atoms with Crippen LogP contribution in [0.25, 0.3) is 0 Å². The molecule has 0 spiro atoms. The number of hydrogen-bond donors (Lipinski definition) is 0. The van der Waals surface area contributed by atoms with E-state index >= 15 is 0 Å². The highest BCUT2D eigenvalue weighted by molar-refractivity contribution is 7.89. The Morgan fingerprint density at radius 1 is 1.31 bits per heavy atom. The molecule has 0 bridgehead atoms. The Morgan fingerprint density at radius 3 is 2.31 bits per heavy atom. The van der Waals surface area contributed by atoms with Crippen molar-refractivity contribution in [2.24, 2.45) is 5.92 Å². The van der Waals surface area contributed by atoms with Gasteiger partial charge in [0, 0.05) is 19.5 Å². The SMILES string of the molecule is CC(CCl)CS(=O)(=O)N(C)CCOC(C)C. The summed E-state index contributed by atoms with van der Waals surface area (Å²) in [4.78, 5) is 0. The number of nitrogens with zero attached hydrogens (tertiary/aromatic N) is 1. The van der Waals surface area contributed by atoms with Gasteiger partial charge in [0.05, 0.1) is 18.5 Å². The molecule has 4 nitrogen and oxygen atoms in total. The van der Waals surface area contributed by atoms with Gasteiger partial charge < -0.3 is 4.74 Å². The molecule has 0 aromatic rings. The molecule has 16 heavy (non-hydrogen) atoms. The van der Waals surface area contributed by atoms with Crippen molar-refractivity contribution in [1.29, 1.82) is 0 Å². The Labute approximate surface area is 104 Å². The maximum Gasteiger partial charge on any atom is 0.214 e. The molecule has 6 heteroatoms. The fourth-order valence-corrected chi connectivity index (χ4v) is 2.77. The van der Waals surface area contributed by atoms with E-state index < -0.39 is 10.0 Å². The van der Waals surface area contributed by atoms with Gasteiger partial charge in [-0.2, -0.15) is 0 Å². The second-order valence-corrected chi connectivity index (χ2v) is 6.71. The molecule has 0 saturated carbocycles. The van der Waals surface area contributed by atoms with Gasteiger partial charge in [0.25, 0.3) is 0 Å². The molecule has 0 radical (unpaired) electrons. The maximum absolute atomic E-state index is 11.8. The first kappa shape index (κ1) is 16.2. The van der Waals surface area contributed by atoms with E-state index in [0.717, 1.165) is 0 Å². The van der Waals surface area contributed by atoms with Crippen LogP contribution in [0, 0.1) is 5.92 Å². The van der Waals surface area contributed by atoms with Gasteiger partial charge in [0.1, 0.15) is 0 Å². The van der Waals surface area contributed by atoms with Crippen LogP contribution in [0.2, 0.25) is 0 Å². The summed E-state index contributed by atoms with van der Waals surface area (Å²) < 4.78 is 30.2. The first-order valence-corrected chi connectivity index (χ1v) is 7.55. The van der Waals surface area contributed by atoms with Crippen molar-refractivity contribution in [3.63, 3.8) is 0 Å². The summed E-state index contributed by atoms with van der Waals surface area (Å²) in [7, 11) is -1.63. The average Bonchev–Trinajstić information content (AvgIpc) is 2.16. The van der Waals surface area contributed by atoms with Crippen LogP contribution >= 0.6 is 11.6 Å². The number of hydrogen-bond acceptors (Lipinski definition) is 3. The normalized spacial score (nSPS) is 14.7. The third kappa shape index (κ3) is 6.68. The summed E-state index contributed by atoms with van der Waals surface area (Å²) in [5.74, 6) is 0.421. The molecule has 0 amide bonds. The quantitative estimate of drug-likeness (QED) is 0.629. The molecule has 0 aromatic carbocycles. The van der Waals surface area contributed by atoms with E-state index in [1.807, 2.05) is 20.8 Å². The van der Waals surface area contributed by atoms with Gasteiger partial charge in [-0.3, -0.25) is 0 Å². The van der Waals surface area contributed by atoms with Crippen molar-refractivity contribution in [3.05, 3.63) is 0 Å². The molecule has 0 saturated heterocycles. The van der Waals surface area contributed by atoms with Crippen LogP contribution in [-0.2, 0) is 14.8 Å². The zero-order valence-corrected chi connectivity index (χ0v) is 12.0. The minimum Gasteiger partial charge on any atom is -0.377 e. The Kier molecular flexibility index (Phi) is 7.55. The van der Waals surface area contributed by atoms with Crippen molar-refractivity contribution in [2.75, 3.05) is 31.8 Å². The number of ether oxygens (including phenoxy) is 1. The van der Waals surface area contributed by atoms with Crippen molar-refractivity contribution >= 4 is 21.6 Å². The predicted octanol–water partition coefficient (Wildman–Crippen LogP) is 1.55. The number of rotatable bonds is 8. The molecule has 1 atom stereocenters. The molecule has 0 aliphatic carbocycles. The zero-order chi connectivity index (χ0) is 12.8. The standard InChI is InChI=1S/C10H22ClNO3S/c1-9(2)15-6-5-12(4)16(13,14)8-10(3)7-11/h9-10H,5-8H2,1-4H3. The van der Waals surface area contributed by atoms with E-state index in [4.69, 9.17) is 16.3 Å². The van der Waals surface area contributed by atoms with Crippen molar-refractivity contribution in [1.82, 2.24) is 4.31 Å². The molecule has 0 aliphatic heterocycles. The van der Waals surface area contributed by atoms with Gasteiger partial charge in [-0.05, 0) is 19.8 Å². The van der Waals surface area contributed by atoms with Crippen LogP contribution in [0.1, 0.15) is 20.8 Å². The van der Waals surface area contributed by atoms with Crippen LogP contribution in [-0.4, -0.2) is 50.7 Å².